The summed E-state index contributed by atoms with van der Waals surface area (Å²) in [5.41, 5.74) is -0.576. The number of nitrogens with zero attached hydrogens (tertiary/aromatic N) is 1. The number of amides is 3. The Kier molecular flexibility index (Phi) is 5.38. The maximum atomic E-state index is 12.8. The number of aliphatic carboxylic acids is 1. The van der Waals surface area contributed by atoms with Gasteiger partial charge in [0.05, 0.1) is 5.41 Å². The Balaban J connectivity index is 1.71. The number of carbonyl (C=O) groups excluding carboxylic acids is 2. The van der Waals surface area contributed by atoms with Gasteiger partial charge < -0.3 is 20.6 Å². The summed E-state index contributed by atoms with van der Waals surface area (Å²) in [6.45, 7) is 2.59. The third-order valence-corrected chi connectivity index (χ3v) is 4.07. The van der Waals surface area contributed by atoms with Crippen LogP contribution in [-0.2, 0) is 4.79 Å². The molecule has 7 nitrogen and oxygen atoms in total. The average molecular weight is 337 g/mol. The molecule has 0 saturated carbocycles. The Morgan fingerprint density at radius 2 is 1.83 bits per heavy atom. The number of nitrogens with one attached hydrogen (secondary N) is 2. The fraction of sp³-hybridized carbons (Fsp3) is 0.438. The Hall–Kier alpha value is -2.64. The summed E-state index contributed by atoms with van der Waals surface area (Å²) in [4.78, 5) is 36.4. The van der Waals surface area contributed by atoms with Crippen molar-refractivity contribution in [1.82, 2.24) is 15.5 Å². The molecule has 2 rings (SSSR count). The van der Waals surface area contributed by atoms with E-state index in [1.807, 2.05) is 0 Å². The molecule has 130 valence electrons. The first-order chi connectivity index (χ1) is 11.3. The summed E-state index contributed by atoms with van der Waals surface area (Å²) >= 11 is 0. The molecule has 1 aromatic rings. The van der Waals surface area contributed by atoms with E-state index in [1.54, 1.807) is 6.92 Å². The number of carboxylic acid groups (broad SMARTS) is 1. The number of carbonyl (C=O) groups is 3. The van der Waals surface area contributed by atoms with Crippen LogP contribution in [0.4, 0.5) is 9.18 Å². The molecule has 0 aliphatic carbocycles. The summed E-state index contributed by atoms with van der Waals surface area (Å²) in [5, 5.41) is 14.4. The van der Waals surface area contributed by atoms with Crippen molar-refractivity contribution in [3.8, 4) is 0 Å². The zero-order valence-electron chi connectivity index (χ0n) is 13.3. The van der Waals surface area contributed by atoms with Crippen LogP contribution in [0.15, 0.2) is 24.3 Å². The number of hydrogen-bond donors (Lipinski definition) is 3. The molecule has 24 heavy (non-hydrogen) atoms. The highest BCUT2D eigenvalue weighted by molar-refractivity contribution is 5.94. The van der Waals surface area contributed by atoms with Crippen molar-refractivity contribution in [2.45, 2.75) is 13.3 Å². The van der Waals surface area contributed by atoms with Gasteiger partial charge in [-0.25, -0.2) is 9.18 Å². The van der Waals surface area contributed by atoms with Gasteiger partial charge in [0.25, 0.3) is 5.91 Å². The number of rotatable bonds is 5. The zero-order valence-corrected chi connectivity index (χ0v) is 13.3. The molecule has 1 aliphatic heterocycles. The minimum Gasteiger partial charge on any atom is -0.481 e. The second-order valence-electron chi connectivity index (χ2n) is 6.03. The van der Waals surface area contributed by atoms with Crippen molar-refractivity contribution in [2.75, 3.05) is 26.2 Å². The molecular weight excluding hydrogens is 317 g/mol. The first-order valence-corrected chi connectivity index (χ1v) is 7.62. The van der Waals surface area contributed by atoms with E-state index in [0.717, 1.165) is 0 Å². The number of hydrogen-bond acceptors (Lipinski definition) is 3. The average Bonchev–Trinajstić information content (AvgIpc) is 2.96. The van der Waals surface area contributed by atoms with Crippen LogP contribution in [0.25, 0.3) is 0 Å². The third-order valence-electron chi connectivity index (χ3n) is 4.07. The van der Waals surface area contributed by atoms with E-state index < -0.39 is 17.2 Å². The Bertz CT molecular complexity index is 635. The molecule has 3 N–H and O–H groups in total. The van der Waals surface area contributed by atoms with Gasteiger partial charge in [-0.05, 0) is 37.6 Å². The Morgan fingerprint density at radius 1 is 1.21 bits per heavy atom. The molecule has 1 atom stereocenters. The fourth-order valence-electron chi connectivity index (χ4n) is 2.47. The normalized spacial score (nSPS) is 19.8. The lowest BCUT2D eigenvalue weighted by Gasteiger charge is -2.20. The fourth-order valence-corrected chi connectivity index (χ4v) is 2.47. The van der Waals surface area contributed by atoms with Gasteiger partial charge in [-0.2, -0.15) is 0 Å². The lowest BCUT2D eigenvalue weighted by atomic mass is 9.90. The number of carboxylic acids is 1. The molecule has 1 aromatic carbocycles. The lowest BCUT2D eigenvalue weighted by molar-refractivity contribution is -0.147. The number of likely N-dealkylation sites (tertiary alicyclic amines) is 1. The maximum absolute atomic E-state index is 12.8. The molecule has 1 saturated heterocycles. The van der Waals surface area contributed by atoms with E-state index in [0.29, 0.717) is 18.5 Å². The molecule has 1 unspecified atom stereocenters. The topological polar surface area (TPSA) is 98.7 Å². The van der Waals surface area contributed by atoms with E-state index >= 15 is 0 Å². The van der Waals surface area contributed by atoms with Crippen molar-refractivity contribution in [3.05, 3.63) is 35.6 Å². The third kappa shape index (κ3) is 4.21. The van der Waals surface area contributed by atoms with Crippen molar-refractivity contribution in [3.63, 3.8) is 0 Å². The predicted octanol–water partition coefficient (Wildman–Crippen LogP) is 1.06. The van der Waals surface area contributed by atoms with Crippen LogP contribution in [0.1, 0.15) is 23.7 Å². The molecule has 8 heteroatoms. The highest BCUT2D eigenvalue weighted by Crippen LogP contribution is 2.29. The van der Waals surface area contributed by atoms with Crippen LogP contribution in [0, 0.1) is 11.2 Å². The summed E-state index contributed by atoms with van der Waals surface area (Å²) in [5.74, 6) is -1.69. The van der Waals surface area contributed by atoms with Gasteiger partial charge in [-0.1, -0.05) is 0 Å². The number of urea groups is 1. The van der Waals surface area contributed by atoms with Crippen molar-refractivity contribution in [1.29, 1.82) is 0 Å². The minimum atomic E-state index is -0.913. The van der Waals surface area contributed by atoms with Gasteiger partial charge in [-0.15, -0.1) is 0 Å². The van der Waals surface area contributed by atoms with Crippen molar-refractivity contribution >= 4 is 17.9 Å². The van der Waals surface area contributed by atoms with E-state index in [-0.39, 0.29) is 31.6 Å². The van der Waals surface area contributed by atoms with E-state index in [1.165, 1.54) is 29.2 Å². The Labute approximate surface area is 138 Å². The molecule has 1 aliphatic rings. The molecule has 1 heterocycles. The van der Waals surface area contributed by atoms with Crippen LogP contribution < -0.4 is 10.6 Å². The van der Waals surface area contributed by atoms with Gasteiger partial charge >= 0.3 is 12.0 Å². The first-order valence-electron chi connectivity index (χ1n) is 7.62. The first kappa shape index (κ1) is 17.7. The quantitative estimate of drug-likeness (QED) is 0.700. The largest absolute Gasteiger partial charge is 0.481 e. The molecule has 0 aromatic heterocycles. The number of halogens is 1. The maximum Gasteiger partial charge on any atom is 0.317 e. The van der Waals surface area contributed by atoms with E-state index in [2.05, 4.69) is 10.6 Å². The zero-order chi connectivity index (χ0) is 17.7. The minimum absolute atomic E-state index is 0.163. The van der Waals surface area contributed by atoms with E-state index in [9.17, 15) is 18.8 Å². The molecule has 0 radical (unpaired) electrons. The summed E-state index contributed by atoms with van der Waals surface area (Å²) in [6.07, 6.45) is 0.414. The van der Waals surface area contributed by atoms with Crippen LogP contribution in [0.5, 0.6) is 0 Å². The molecule has 0 spiro atoms. The van der Waals surface area contributed by atoms with Crippen molar-refractivity contribution in [2.24, 2.45) is 5.41 Å². The SMILES string of the molecule is CC1(C(=O)O)CCN(C(=O)NCCNC(=O)c2ccc(F)cc2)C1. The van der Waals surface area contributed by atoms with Crippen LogP contribution in [-0.4, -0.2) is 54.1 Å². The molecular formula is C16H20FN3O4. The lowest BCUT2D eigenvalue weighted by Crippen LogP contribution is -2.43. The van der Waals surface area contributed by atoms with Gasteiger partial charge in [-0.3, -0.25) is 9.59 Å². The second-order valence-corrected chi connectivity index (χ2v) is 6.03. The Morgan fingerprint density at radius 3 is 2.42 bits per heavy atom. The highest BCUT2D eigenvalue weighted by atomic mass is 19.1. The van der Waals surface area contributed by atoms with Crippen molar-refractivity contribution < 1.29 is 23.9 Å². The van der Waals surface area contributed by atoms with Gasteiger partial charge in [0, 0.05) is 31.7 Å². The van der Waals surface area contributed by atoms with Gasteiger partial charge in [0.1, 0.15) is 5.82 Å². The van der Waals surface area contributed by atoms with Crippen LogP contribution in [0.3, 0.4) is 0 Å². The molecule has 3 amide bonds. The smallest absolute Gasteiger partial charge is 0.317 e. The van der Waals surface area contributed by atoms with E-state index in [4.69, 9.17) is 5.11 Å². The number of benzene rings is 1. The predicted molar refractivity (Wildman–Crippen MR) is 84.1 cm³/mol. The summed E-state index contributed by atoms with van der Waals surface area (Å²) in [6, 6.07) is 4.80. The van der Waals surface area contributed by atoms with Gasteiger partial charge in [0.15, 0.2) is 0 Å². The molecule has 0 bridgehead atoms. The second kappa shape index (κ2) is 7.29. The van der Waals surface area contributed by atoms with Crippen LogP contribution >= 0.6 is 0 Å². The highest BCUT2D eigenvalue weighted by Gasteiger charge is 2.42. The standard InChI is InChI=1S/C16H20FN3O4/c1-16(14(22)23)6-9-20(10-16)15(24)19-8-7-18-13(21)11-2-4-12(17)5-3-11/h2-5H,6-10H2,1H3,(H,18,21)(H,19,24)(H,22,23). The summed E-state index contributed by atoms with van der Waals surface area (Å²) in [7, 11) is 0. The van der Waals surface area contributed by atoms with Gasteiger partial charge in [0.2, 0.25) is 0 Å². The summed E-state index contributed by atoms with van der Waals surface area (Å²) < 4.78 is 12.8. The van der Waals surface area contributed by atoms with Crippen LogP contribution in [0.2, 0.25) is 0 Å². The monoisotopic (exact) mass is 337 g/mol. The molecule has 1 fully saturated rings.